The van der Waals surface area contributed by atoms with Gasteiger partial charge in [0.1, 0.15) is 11.5 Å². The van der Waals surface area contributed by atoms with Crippen LogP contribution in [-0.2, 0) is 0 Å². The van der Waals surface area contributed by atoms with Crippen molar-refractivity contribution in [1.29, 1.82) is 5.41 Å². The van der Waals surface area contributed by atoms with Crippen LogP contribution >= 0.6 is 0 Å². The summed E-state index contributed by atoms with van der Waals surface area (Å²) in [4.78, 5) is 13.1. The quantitative estimate of drug-likeness (QED) is 0.563. The summed E-state index contributed by atoms with van der Waals surface area (Å²) in [5.41, 5.74) is 6.83. The first-order valence-electron chi connectivity index (χ1n) is 6.53. The molecule has 0 bridgehead atoms. The number of rotatable bonds is 7. The predicted octanol–water partition coefficient (Wildman–Crippen LogP) is 0.847. The number of nitrogen functional groups attached to an aromatic ring is 1. The van der Waals surface area contributed by atoms with E-state index < -0.39 is 0 Å². The van der Waals surface area contributed by atoms with Crippen LogP contribution in [0.2, 0.25) is 0 Å². The zero-order valence-corrected chi connectivity index (χ0v) is 12.3. The molecule has 0 radical (unpaired) electrons. The van der Waals surface area contributed by atoms with Crippen molar-refractivity contribution in [3.8, 4) is 0 Å². The van der Waals surface area contributed by atoms with Crippen LogP contribution in [0.15, 0.2) is 6.07 Å². The van der Waals surface area contributed by atoms with E-state index in [2.05, 4.69) is 40.8 Å². The van der Waals surface area contributed by atoms with Crippen LogP contribution in [0.5, 0.6) is 0 Å². The number of nitrogens with zero attached hydrogens (tertiary/aromatic N) is 4. The molecule has 1 rings (SSSR count). The number of amidine groups is 1. The second-order valence-electron chi connectivity index (χ2n) is 4.84. The average molecular weight is 264 g/mol. The Morgan fingerprint density at radius 1 is 1.32 bits per heavy atom. The number of aryl methyl sites for hydroxylation is 1. The summed E-state index contributed by atoms with van der Waals surface area (Å²) in [6.07, 6.45) is 1.05. The smallest absolute Gasteiger partial charge is 0.226 e. The van der Waals surface area contributed by atoms with Gasteiger partial charge in [-0.3, -0.25) is 5.41 Å². The Morgan fingerprint density at radius 2 is 2.00 bits per heavy atom. The molecule has 0 aliphatic heterocycles. The van der Waals surface area contributed by atoms with Crippen LogP contribution < -0.4 is 10.6 Å². The number of anilines is 1. The summed E-state index contributed by atoms with van der Waals surface area (Å²) < 4.78 is 0. The summed E-state index contributed by atoms with van der Waals surface area (Å²) in [6.45, 7) is 6.74. The third-order valence-corrected chi connectivity index (χ3v) is 2.82. The molecule has 0 atom stereocenters. The molecule has 3 N–H and O–H groups in total. The third kappa shape index (κ3) is 4.82. The summed E-state index contributed by atoms with van der Waals surface area (Å²) in [5, 5.41) is 7.48. The van der Waals surface area contributed by atoms with E-state index in [0.717, 1.165) is 31.7 Å². The third-order valence-electron chi connectivity index (χ3n) is 2.82. The molecule has 0 saturated carbocycles. The summed E-state index contributed by atoms with van der Waals surface area (Å²) >= 11 is 0. The lowest BCUT2D eigenvalue weighted by Crippen LogP contribution is -2.29. The second kappa shape index (κ2) is 7.04. The van der Waals surface area contributed by atoms with Crippen molar-refractivity contribution in [1.82, 2.24) is 14.9 Å². The molecule has 0 aliphatic rings. The van der Waals surface area contributed by atoms with Crippen LogP contribution in [0, 0.1) is 12.3 Å². The minimum Gasteiger partial charge on any atom is -0.382 e. The average Bonchev–Trinajstić information content (AvgIpc) is 2.33. The Hall–Kier alpha value is -1.69. The van der Waals surface area contributed by atoms with Crippen molar-refractivity contribution in [3.05, 3.63) is 17.5 Å². The lowest BCUT2D eigenvalue weighted by Gasteiger charge is -2.22. The zero-order chi connectivity index (χ0) is 14.4. The summed E-state index contributed by atoms with van der Waals surface area (Å²) in [5.74, 6) is 0.641. The topological polar surface area (TPSA) is 82.1 Å². The van der Waals surface area contributed by atoms with Crippen LogP contribution in [-0.4, -0.2) is 54.4 Å². The van der Waals surface area contributed by atoms with Gasteiger partial charge in [0.05, 0.1) is 0 Å². The fourth-order valence-corrected chi connectivity index (χ4v) is 1.81. The van der Waals surface area contributed by atoms with Crippen molar-refractivity contribution in [2.75, 3.05) is 38.6 Å². The first-order chi connectivity index (χ1) is 8.93. The maximum atomic E-state index is 7.48. The maximum Gasteiger partial charge on any atom is 0.226 e. The molecule has 106 valence electrons. The maximum absolute atomic E-state index is 7.48. The minimum atomic E-state index is -0.0175. The Kier molecular flexibility index (Phi) is 5.69. The predicted molar refractivity (Wildman–Crippen MR) is 78.8 cm³/mol. The molecule has 6 nitrogen and oxygen atoms in total. The molecule has 0 aromatic carbocycles. The molecule has 0 aliphatic carbocycles. The van der Waals surface area contributed by atoms with Gasteiger partial charge in [-0.25, -0.2) is 9.97 Å². The molecule has 0 unspecified atom stereocenters. The minimum absolute atomic E-state index is 0.0175. The molecule has 0 fully saturated rings. The first-order valence-corrected chi connectivity index (χ1v) is 6.53. The van der Waals surface area contributed by atoms with Crippen molar-refractivity contribution < 1.29 is 0 Å². The van der Waals surface area contributed by atoms with Crippen LogP contribution in [0.4, 0.5) is 5.95 Å². The fourth-order valence-electron chi connectivity index (χ4n) is 1.81. The Morgan fingerprint density at radius 3 is 2.53 bits per heavy atom. The fraction of sp³-hybridized carbons (Fsp3) is 0.615. The second-order valence-corrected chi connectivity index (χ2v) is 4.84. The van der Waals surface area contributed by atoms with Crippen molar-refractivity contribution >= 4 is 11.8 Å². The molecule has 0 spiro atoms. The zero-order valence-electron chi connectivity index (χ0n) is 12.3. The van der Waals surface area contributed by atoms with E-state index in [9.17, 15) is 0 Å². The highest BCUT2D eigenvalue weighted by Crippen LogP contribution is 2.10. The van der Waals surface area contributed by atoms with Crippen molar-refractivity contribution in [3.63, 3.8) is 0 Å². The monoisotopic (exact) mass is 264 g/mol. The number of nitrogens with two attached hydrogens (primary N) is 1. The van der Waals surface area contributed by atoms with Gasteiger partial charge in [-0.05, 0) is 47.0 Å². The van der Waals surface area contributed by atoms with E-state index in [-0.39, 0.29) is 5.84 Å². The highest BCUT2D eigenvalue weighted by Gasteiger charge is 2.11. The van der Waals surface area contributed by atoms with Gasteiger partial charge in [-0.2, -0.15) is 0 Å². The molecular formula is C13H24N6. The molecule has 1 heterocycles. The Balaban J connectivity index is 2.82. The number of hydrogen-bond acceptors (Lipinski definition) is 5. The largest absolute Gasteiger partial charge is 0.382 e. The van der Waals surface area contributed by atoms with E-state index >= 15 is 0 Å². The molecular weight excluding hydrogens is 240 g/mol. The van der Waals surface area contributed by atoms with Crippen LogP contribution in [0.1, 0.15) is 24.7 Å². The molecule has 1 aromatic heterocycles. The van der Waals surface area contributed by atoms with Gasteiger partial charge in [0.2, 0.25) is 5.95 Å². The Labute approximate surface area is 115 Å². The van der Waals surface area contributed by atoms with Crippen molar-refractivity contribution in [2.24, 2.45) is 5.73 Å². The SMILES string of the molecule is CCN(CCCN(C)C)c1nc(C)cc(C(=N)N)n1. The van der Waals surface area contributed by atoms with Crippen LogP contribution in [0.25, 0.3) is 0 Å². The molecule has 6 heteroatoms. The van der Waals surface area contributed by atoms with Gasteiger partial charge < -0.3 is 15.5 Å². The van der Waals surface area contributed by atoms with E-state index in [1.165, 1.54) is 0 Å². The van der Waals surface area contributed by atoms with Gasteiger partial charge in [-0.1, -0.05) is 0 Å². The van der Waals surface area contributed by atoms with Gasteiger partial charge in [0, 0.05) is 18.8 Å². The number of nitrogens with one attached hydrogen (secondary N) is 1. The summed E-state index contributed by atoms with van der Waals surface area (Å²) in [6, 6.07) is 1.74. The lowest BCUT2D eigenvalue weighted by atomic mass is 10.3. The summed E-state index contributed by atoms with van der Waals surface area (Å²) in [7, 11) is 4.13. The lowest BCUT2D eigenvalue weighted by molar-refractivity contribution is 0.400. The molecule has 0 saturated heterocycles. The molecule has 19 heavy (non-hydrogen) atoms. The number of hydrogen-bond donors (Lipinski definition) is 2. The Bertz CT molecular complexity index is 429. The number of aromatic nitrogens is 2. The molecule has 1 aromatic rings. The standard InChI is InChI=1S/C13H24N6/c1-5-19(8-6-7-18(3)4)13-16-10(2)9-11(17-13)12(14)15/h9H,5-8H2,1-4H3,(H3,14,15). The first kappa shape index (κ1) is 15.4. The van der Waals surface area contributed by atoms with E-state index in [1.807, 2.05) is 6.92 Å². The van der Waals surface area contributed by atoms with E-state index in [4.69, 9.17) is 11.1 Å². The van der Waals surface area contributed by atoms with E-state index in [0.29, 0.717) is 11.6 Å². The van der Waals surface area contributed by atoms with Crippen LogP contribution in [0.3, 0.4) is 0 Å². The van der Waals surface area contributed by atoms with Crippen molar-refractivity contribution in [2.45, 2.75) is 20.3 Å². The van der Waals surface area contributed by atoms with Gasteiger partial charge in [0.25, 0.3) is 0 Å². The highest BCUT2D eigenvalue weighted by molar-refractivity contribution is 5.93. The van der Waals surface area contributed by atoms with Gasteiger partial charge in [-0.15, -0.1) is 0 Å². The van der Waals surface area contributed by atoms with Gasteiger partial charge in [0.15, 0.2) is 0 Å². The molecule has 0 amide bonds. The van der Waals surface area contributed by atoms with Gasteiger partial charge >= 0.3 is 0 Å². The van der Waals surface area contributed by atoms with E-state index in [1.54, 1.807) is 6.07 Å². The normalized spacial score (nSPS) is 10.8. The highest BCUT2D eigenvalue weighted by atomic mass is 15.2.